The van der Waals surface area contributed by atoms with E-state index >= 15 is 0 Å². The number of amides is 2. The maximum atomic E-state index is 12.1. The molecule has 6 nitrogen and oxygen atoms in total. The van der Waals surface area contributed by atoms with Gasteiger partial charge in [0.15, 0.2) is 0 Å². The highest BCUT2D eigenvalue weighted by Gasteiger charge is 2.07. The van der Waals surface area contributed by atoms with E-state index in [1.165, 1.54) is 0 Å². The number of nitrogens with one attached hydrogen (secondary N) is 3. The molecule has 0 spiro atoms. The van der Waals surface area contributed by atoms with Crippen molar-refractivity contribution >= 4 is 23.2 Å². The number of hydrogen-bond donors (Lipinski definition) is 3. The molecule has 0 aliphatic carbocycles. The van der Waals surface area contributed by atoms with Gasteiger partial charge in [-0.05, 0) is 36.8 Å². The molecule has 2 amide bonds. The molecule has 2 rings (SSSR count). The van der Waals surface area contributed by atoms with Crippen LogP contribution >= 0.6 is 0 Å². The second-order valence-electron chi connectivity index (χ2n) is 5.82. The largest absolute Gasteiger partial charge is 0.497 e. The van der Waals surface area contributed by atoms with Gasteiger partial charge in [-0.1, -0.05) is 25.5 Å². The van der Waals surface area contributed by atoms with E-state index in [0.29, 0.717) is 29.2 Å². The number of carbonyl (C=O) groups is 2. The second-order valence-corrected chi connectivity index (χ2v) is 5.82. The average Bonchev–Trinajstić information content (AvgIpc) is 2.67. The van der Waals surface area contributed by atoms with Crippen LogP contribution in [0, 0.1) is 0 Å². The molecule has 26 heavy (non-hydrogen) atoms. The van der Waals surface area contributed by atoms with Crippen LogP contribution in [-0.2, 0) is 4.79 Å². The van der Waals surface area contributed by atoms with Crippen LogP contribution in [0.15, 0.2) is 48.5 Å². The maximum absolute atomic E-state index is 12.1. The van der Waals surface area contributed by atoms with E-state index in [1.54, 1.807) is 37.4 Å². The first-order chi connectivity index (χ1) is 12.6. The van der Waals surface area contributed by atoms with Gasteiger partial charge in [0.05, 0.1) is 13.7 Å². The van der Waals surface area contributed by atoms with Gasteiger partial charge in [0.1, 0.15) is 5.75 Å². The average molecular weight is 355 g/mol. The van der Waals surface area contributed by atoms with E-state index in [9.17, 15) is 9.59 Å². The fraction of sp³-hybridized carbons (Fsp3) is 0.300. The third-order valence-electron chi connectivity index (χ3n) is 3.75. The Morgan fingerprint density at radius 3 is 2.58 bits per heavy atom. The first-order valence-electron chi connectivity index (χ1n) is 8.68. The Morgan fingerprint density at radius 1 is 1.04 bits per heavy atom. The molecule has 0 aliphatic rings. The molecule has 2 aromatic rings. The highest BCUT2D eigenvalue weighted by Crippen LogP contribution is 2.16. The molecule has 0 saturated heterocycles. The van der Waals surface area contributed by atoms with Gasteiger partial charge < -0.3 is 20.7 Å². The molecule has 6 heteroatoms. The van der Waals surface area contributed by atoms with Crippen LogP contribution in [0.3, 0.4) is 0 Å². The van der Waals surface area contributed by atoms with Gasteiger partial charge in [0.25, 0.3) is 5.91 Å². The number of rotatable bonds is 9. The van der Waals surface area contributed by atoms with Gasteiger partial charge in [-0.15, -0.1) is 0 Å². The summed E-state index contributed by atoms with van der Waals surface area (Å²) in [5.74, 6) is 0.386. The standard InChI is InChI=1S/C20H25N3O3/c1-3-4-11-21-20(25)15-7-5-8-16(12-15)22-14-19(24)23-17-9-6-10-18(13-17)26-2/h5-10,12-13,22H,3-4,11,14H2,1-2H3,(H,21,25)(H,23,24). The first-order valence-corrected chi connectivity index (χ1v) is 8.68. The first kappa shape index (κ1) is 19.3. The predicted molar refractivity (Wildman–Crippen MR) is 104 cm³/mol. The monoisotopic (exact) mass is 355 g/mol. The molecule has 0 fully saturated rings. The van der Waals surface area contributed by atoms with Crippen molar-refractivity contribution in [2.75, 3.05) is 30.8 Å². The number of anilines is 2. The SMILES string of the molecule is CCCCNC(=O)c1cccc(NCC(=O)Nc2cccc(OC)c2)c1. The molecule has 0 radical (unpaired) electrons. The zero-order chi connectivity index (χ0) is 18.8. The van der Waals surface area contributed by atoms with Crippen molar-refractivity contribution in [3.8, 4) is 5.75 Å². The van der Waals surface area contributed by atoms with Crippen molar-refractivity contribution in [2.24, 2.45) is 0 Å². The Bertz CT molecular complexity index is 747. The summed E-state index contributed by atoms with van der Waals surface area (Å²) in [7, 11) is 1.58. The van der Waals surface area contributed by atoms with Crippen LogP contribution < -0.4 is 20.7 Å². The number of unbranched alkanes of at least 4 members (excludes halogenated alkanes) is 1. The maximum Gasteiger partial charge on any atom is 0.251 e. The smallest absolute Gasteiger partial charge is 0.251 e. The fourth-order valence-electron chi connectivity index (χ4n) is 2.34. The Morgan fingerprint density at radius 2 is 1.81 bits per heavy atom. The van der Waals surface area contributed by atoms with Crippen molar-refractivity contribution in [3.05, 3.63) is 54.1 Å². The molecule has 0 saturated carbocycles. The van der Waals surface area contributed by atoms with Crippen molar-refractivity contribution < 1.29 is 14.3 Å². The summed E-state index contributed by atoms with van der Waals surface area (Å²) >= 11 is 0. The van der Waals surface area contributed by atoms with E-state index in [0.717, 1.165) is 12.8 Å². The van der Waals surface area contributed by atoms with Gasteiger partial charge in [-0.25, -0.2) is 0 Å². The summed E-state index contributed by atoms with van der Waals surface area (Å²) in [4.78, 5) is 24.2. The molecule has 0 aliphatic heterocycles. The van der Waals surface area contributed by atoms with Crippen LogP contribution in [0.5, 0.6) is 5.75 Å². The fourth-order valence-corrected chi connectivity index (χ4v) is 2.34. The summed E-state index contributed by atoms with van der Waals surface area (Å²) < 4.78 is 5.13. The molecule has 0 aromatic heterocycles. The lowest BCUT2D eigenvalue weighted by molar-refractivity contribution is -0.114. The number of methoxy groups -OCH3 is 1. The molecule has 0 bridgehead atoms. The number of carbonyl (C=O) groups excluding carboxylic acids is 2. The Balaban J connectivity index is 1.87. The number of benzene rings is 2. The summed E-state index contributed by atoms with van der Waals surface area (Å²) in [5.41, 5.74) is 1.95. The normalized spacial score (nSPS) is 10.1. The summed E-state index contributed by atoms with van der Waals surface area (Å²) in [6.45, 7) is 2.83. The van der Waals surface area contributed by atoms with Gasteiger partial charge in [-0.3, -0.25) is 9.59 Å². The van der Waals surface area contributed by atoms with E-state index in [1.807, 2.05) is 18.2 Å². The Kier molecular flexibility index (Phi) is 7.49. The zero-order valence-corrected chi connectivity index (χ0v) is 15.2. The second kappa shape index (κ2) is 10.1. The molecular weight excluding hydrogens is 330 g/mol. The highest BCUT2D eigenvalue weighted by atomic mass is 16.5. The van der Waals surface area contributed by atoms with Crippen molar-refractivity contribution in [3.63, 3.8) is 0 Å². The van der Waals surface area contributed by atoms with Gasteiger partial charge in [0, 0.05) is 29.5 Å². The minimum atomic E-state index is -0.184. The minimum absolute atomic E-state index is 0.0954. The van der Waals surface area contributed by atoms with Gasteiger partial charge in [-0.2, -0.15) is 0 Å². The van der Waals surface area contributed by atoms with E-state index in [-0.39, 0.29) is 18.4 Å². The predicted octanol–water partition coefficient (Wildman–Crippen LogP) is 3.28. The number of hydrogen-bond acceptors (Lipinski definition) is 4. The van der Waals surface area contributed by atoms with Crippen molar-refractivity contribution in [1.82, 2.24) is 5.32 Å². The summed E-state index contributed by atoms with van der Waals surface area (Å²) in [6, 6.07) is 14.3. The molecule has 3 N–H and O–H groups in total. The molecular formula is C20H25N3O3. The van der Waals surface area contributed by atoms with E-state index in [4.69, 9.17) is 4.74 Å². The van der Waals surface area contributed by atoms with Crippen LogP contribution in [0.1, 0.15) is 30.1 Å². The van der Waals surface area contributed by atoms with Crippen LogP contribution in [-0.4, -0.2) is 32.0 Å². The van der Waals surface area contributed by atoms with Crippen LogP contribution in [0.2, 0.25) is 0 Å². The third kappa shape index (κ3) is 6.12. The highest BCUT2D eigenvalue weighted by molar-refractivity contribution is 5.96. The van der Waals surface area contributed by atoms with Gasteiger partial charge in [0.2, 0.25) is 5.91 Å². The van der Waals surface area contributed by atoms with Crippen molar-refractivity contribution in [1.29, 1.82) is 0 Å². The van der Waals surface area contributed by atoms with Crippen LogP contribution in [0.4, 0.5) is 11.4 Å². The zero-order valence-electron chi connectivity index (χ0n) is 15.2. The third-order valence-corrected chi connectivity index (χ3v) is 3.75. The summed E-state index contributed by atoms with van der Waals surface area (Å²) in [6.07, 6.45) is 1.98. The number of ether oxygens (including phenoxy) is 1. The minimum Gasteiger partial charge on any atom is -0.497 e. The Labute approximate surface area is 153 Å². The lowest BCUT2D eigenvalue weighted by atomic mass is 10.2. The van der Waals surface area contributed by atoms with Gasteiger partial charge >= 0.3 is 0 Å². The molecule has 0 unspecified atom stereocenters. The molecule has 0 atom stereocenters. The molecule has 0 heterocycles. The van der Waals surface area contributed by atoms with Crippen LogP contribution in [0.25, 0.3) is 0 Å². The quantitative estimate of drug-likeness (QED) is 0.603. The lowest BCUT2D eigenvalue weighted by Crippen LogP contribution is -2.25. The Hall–Kier alpha value is -3.02. The van der Waals surface area contributed by atoms with E-state index in [2.05, 4.69) is 22.9 Å². The summed E-state index contributed by atoms with van der Waals surface area (Å²) in [5, 5.41) is 8.71. The molecule has 2 aromatic carbocycles. The topological polar surface area (TPSA) is 79.5 Å². The van der Waals surface area contributed by atoms with Crippen molar-refractivity contribution in [2.45, 2.75) is 19.8 Å². The van der Waals surface area contributed by atoms with E-state index < -0.39 is 0 Å². The molecule has 138 valence electrons. The lowest BCUT2D eigenvalue weighted by Gasteiger charge is -2.10.